The van der Waals surface area contributed by atoms with Crippen LogP contribution in [0.4, 0.5) is 0 Å². The Kier molecular flexibility index (Phi) is 6.87. The van der Waals surface area contributed by atoms with Crippen molar-refractivity contribution in [2.24, 2.45) is 5.73 Å². The number of piperidine rings is 1. The predicted octanol–water partition coefficient (Wildman–Crippen LogP) is 0.394. The Bertz CT molecular complexity index is 170. The van der Waals surface area contributed by atoms with Crippen LogP contribution < -0.4 is 5.73 Å². The molecule has 1 aliphatic heterocycles. The zero-order chi connectivity index (χ0) is 9.68. The number of nitrogens with two attached hydrogens (primary N) is 1. The van der Waals surface area contributed by atoms with Crippen molar-refractivity contribution in [2.45, 2.75) is 25.3 Å². The van der Waals surface area contributed by atoms with Gasteiger partial charge in [0.15, 0.2) is 0 Å². The molecule has 1 amide bonds. The van der Waals surface area contributed by atoms with Crippen molar-refractivity contribution < 1.29 is 9.53 Å². The first-order valence-electron chi connectivity index (χ1n) is 4.76. The van der Waals surface area contributed by atoms with Gasteiger partial charge in [-0.25, -0.2) is 0 Å². The van der Waals surface area contributed by atoms with E-state index in [0.717, 1.165) is 25.9 Å². The molecule has 1 saturated heterocycles. The molecule has 0 atom stereocenters. The van der Waals surface area contributed by atoms with Crippen LogP contribution in [0, 0.1) is 0 Å². The fraction of sp³-hybridized carbons (Fsp3) is 0.889. The SMILES string of the molecule is COCCC(=O)N1CCC(N)CC1.Cl. The van der Waals surface area contributed by atoms with Crippen LogP contribution in [0.3, 0.4) is 0 Å². The van der Waals surface area contributed by atoms with Gasteiger partial charge in [-0.1, -0.05) is 0 Å². The lowest BCUT2D eigenvalue weighted by Crippen LogP contribution is -2.43. The summed E-state index contributed by atoms with van der Waals surface area (Å²) in [6.45, 7) is 2.13. The highest BCUT2D eigenvalue weighted by molar-refractivity contribution is 5.85. The van der Waals surface area contributed by atoms with E-state index in [1.54, 1.807) is 7.11 Å². The van der Waals surface area contributed by atoms with E-state index < -0.39 is 0 Å². The molecule has 1 rings (SSSR count). The van der Waals surface area contributed by atoms with E-state index in [2.05, 4.69) is 0 Å². The Hall–Kier alpha value is -0.320. The quantitative estimate of drug-likeness (QED) is 0.752. The summed E-state index contributed by atoms with van der Waals surface area (Å²) in [6, 6.07) is 0.284. The third-order valence-electron chi connectivity index (χ3n) is 2.41. The summed E-state index contributed by atoms with van der Waals surface area (Å²) >= 11 is 0. The highest BCUT2D eigenvalue weighted by atomic mass is 35.5. The Morgan fingerprint density at radius 1 is 1.50 bits per heavy atom. The van der Waals surface area contributed by atoms with Crippen molar-refractivity contribution in [1.82, 2.24) is 4.90 Å². The smallest absolute Gasteiger partial charge is 0.224 e. The van der Waals surface area contributed by atoms with Crippen LogP contribution in [0.2, 0.25) is 0 Å². The normalized spacial score (nSPS) is 17.7. The summed E-state index contributed by atoms with van der Waals surface area (Å²) in [5.41, 5.74) is 5.73. The van der Waals surface area contributed by atoms with Crippen molar-refractivity contribution in [2.75, 3.05) is 26.8 Å². The second-order valence-corrected chi connectivity index (χ2v) is 3.46. The Balaban J connectivity index is 0.00000169. The number of rotatable bonds is 3. The number of carbonyl (C=O) groups excluding carboxylic acids is 1. The lowest BCUT2D eigenvalue weighted by atomic mass is 10.1. The van der Waals surface area contributed by atoms with Gasteiger partial charge in [0.1, 0.15) is 0 Å². The Morgan fingerprint density at radius 2 is 2.07 bits per heavy atom. The highest BCUT2D eigenvalue weighted by Crippen LogP contribution is 2.09. The van der Waals surface area contributed by atoms with Gasteiger partial charge in [-0.15, -0.1) is 12.4 Å². The zero-order valence-electron chi connectivity index (χ0n) is 8.57. The lowest BCUT2D eigenvalue weighted by molar-refractivity contribution is -0.133. The van der Waals surface area contributed by atoms with Gasteiger partial charge in [-0.3, -0.25) is 4.79 Å². The maximum atomic E-state index is 11.5. The molecule has 0 bridgehead atoms. The lowest BCUT2D eigenvalue weighted by Gasteiger charge is -2.30. The molecule has 2 N–H and O–H groups in total. The van der Waals surface area contributed by atoms with Crippen LogP contribution in [0.15, 0.2) is 0 Å². The van der Waals surface area contributed by atoms with Crippen molar-refractivity contribution >= 4 is 18.3 Å². The number of methoxy groups -OCH3 is 1. The van der Waals surface area contributed by atoms with E-state index in [1.165, 1.54) is 0 Å². The van der Waals surface area contributed by atoms with E-state index in [-0.39, 0.29) is 24.4 Å². The number of amides is 1. The van der Waals surface area contributed by atoms with E-state index in [0.29, 0.717) is 13.0 Å². The molecule has 0 aromatic heterocycles. The first-order chi connectivity index (χ1) is 6.24. The third-order valence-corrected chi connectivity index (χ3v) is 2.41. The van der Waals surface area contributed by atoms with Crippen molar-refractivity contribution in [1.29, 1.82) is 0 Å². The molecule has 1 heterocycles. The van der Waals surface area contributed by atoms with Crippen molar-refractivity contribution in [3.8, 4) is 0 Å². The molecule has 84 valence electrons. The second-order valence-electron chi connectivity index (χ2n) is 3.46. The van der Waals surface area contributed by atoms with Gasteiger partial charge in [-0.05, 0) is 12.8 Å². The average molecular weight is 223 g/mol. The standard InChI is InChI=1S/C9H18N2O2.ClH/c1-13-7-4-9(12)11-5-2-8(10)3-6-11;/h8H,2-7,10H2,1H3;1H. The molecule has 0 saturated carbocycles. The number of ether oxygens (including phenoxy) is 1. The molecule has 1 aliphatic rings. The van der Waals surface area contributed by atoms with Gasteiger partial charge >= 0.3 is 0 Å². The van der Waals surface area contributed by atoms with Crippen LogP contribution in [0.25, 0.3) is 0 Å². The largest absolute Gasteiger partial charge is 0.384 e. The monoisotopic (exact) mass is 222 g/mol. The minimum Gasteiger partial charge on any atom is -0.384 e. The maximum Gasteiger partial charge on any atom is 0.224 e. The van der Waals surface area contributed by atoms with Gasteiger partial charge in [0.2, 0.25) is 5.91 Å². The summed E-state index contributed by atoms with van der Waals surface area (Å²) in [7, 11) is 1.61. The maximum absolute atomic E-state index is 11.5. The number of carbonyl (C=O) groups is 1. The second kappa shape index (κ2) is 7.04. The van der Waals surface area contributed by atoms with Gasteiger partial charge < -0.3 is 15.4 Å². The number of halogens is 1. The van der Waals surface area contributed by atoms with Gasteiger partial charge in [-0.2, -0.15) is 0 Å². The number of likely N-dealkylation sites (tertiary alicyclic amines) is 1. The minimum atomic E-state index is 0. The number of hydrogen-bond donors (Lipinski definition) is 1. The van der Waals surface area contributed by atoms with Crippen LogP contribution >= 0.6 is 12.4 Å². The van der Waals surface area contributed by atoms with Crippen LogP contribution in [-0.2, 0) is 9.53 Å². The van der Waals surface area contributed by atoms with Crippen LogP contribution in [-0.4, -0.2) is 43.7 Å². The first kappa shape index (κ1) is 13.7. The Morgan fingerprint density at radius 3 is 2.57 bits per heavy atom. The molecule has 5 heteroatoms. The summed E-state index contributed by atoms with van der Waals surface area (Å²) in [5, 5.41) is 0. The molecule has 0 spiro atoms. The van der Waals surface area contributed by atoms with E-state index in [1.807, 2.05) is 4.90 Å². The third kappa shape index (κ3) is 4.26. The zero-order valence-corrected chi connectivity index (χ0v) is 9.39. The molecular formula is C9H19ClN2O2. The fourth-order valence-corrected chi connectivity index (χ4v) is 1.50. The van der Waals surface area contributed by atoms with Crippen molar-refractivity contribution in [3.05, 3.63) is 0 Å². The molecular weight excluding hydrogens is 204 g/mol. The first-order valence-corrected chi connectivity index (χ1v) is 4.76. The topological polar surface area (TPSA) is 55.6 Å². The summed E-state index contributed by atoms with van der Waals surface area (Å²) in [6.07, 6.45) is 2.35. The average Bonchev–Trinajstić information content (AvgIpc) is 2.15. The summed E-state index contributed by atoms with van der Waals surface area (Å²) in [4.78, 5) is 13.3. The van der Waals surface area contributed by atoms with Crippen molar-refractivity contribution in [3.63, 3.8) is 0 Å². The van der Waals surface area contributed by atoms with E-state index in [4.69, 9.17) is 10.5 Å². The predicted molar refractivity (Wildman–Crippen MR) is 57.5 cm³/mol. The van der Waals surface area contributed by atoms with Gasteiger partial charge in [0, 0.05) is 26.2 Å². The summed E-state index contributed by atoms with van der Waals surface area (Å²) in [5.74, 6) is 0.189. The molecule has 0 radical (unpaired) electrons. The Labute approximate surface area is 91.2 Å². The minimum absolute atomic E-state index is 0. The molecule has 0 aromatic carbocycles. The molecule has 0 aliphatic carbocycles. The molecule has 0 aromatic rings. The fourth-order valence-electron chi connectivity index (χ4n) is 1.50. The highest BCUT2D eigenvalue weighted by Gasteiger charge is 2.19. The van der Waals surface area contributed by atoms with Gasteiger partial charge in [0.25, 0.3) is 0 Å². The van der Waals surface area contributed by atoms with Crippen LogP contribution in [0.1, 0.15) is 19.3 Å². The molecule has 14 heavy (non-hydrogen) atoms. The number of nitrogens with zero attached hydrogens (tertiary/aromatic N) is 1. The molecule has 4 nitrogen and oxygen atoms in total. The number of hydrogen-bond acceptors (Lipinski definition) is 3. The van der Waals surface area contributed by atoms with Crippen LogP contribution in [0.5, 0.6) is 0 Å². The van der Waals surface area contributed by atoms with E-state index in [9.17, 15) is 4.79 Å². The molecule has 1 fully saturated rings. The van der Waals surface area contributed by atoms with E-state index >= 15 is 0 Å². The van der Waals surface area contributed by atoms with Gasteiger partial charge in [0.05, 0.1) is 13.0 Å². The summed E-state index contributed by atoms with van der Waals surface area (Å²) < 4.78 is 4.85. The molecule has 0 unspecified atom stereocenters.